The second-order valence-corrected chi connectivity index (χ2v) is 7.40. The van der Waals surface area contributed by atoms with E-state index in [9.17, 15) is 37.7 Å². The van der Waals surface area contributed by atoms with Crippen molar-refractivity contribution in [3.63, 3.8) is 0 Å². The molecule has 2 amide bonds. The monoisotopic (exact) mass is 543 g/mol. The van der Waals surface area contributed by atoms with Crippen LogP contribution in [0.15, 0.2) is 48.7 Å². The van der Waals surface area contributed by atoms with Crippen LogP contribution in [-0.4, -0.2) is 63.1 Å². The Balaban J connectivity index is 0.000000905. The molecular formula is C22H24F3N5O8. The maximum absolute atomic E-state index is 12.2. The number of hydrogen-bond acceptors (Lipinski definition) is 8. The van der Waals surface area contributed by atoms with Gasteiger partial charge in [0, 0.05) is 31.3 Å². The highest BCUT2D eigenvalue weighted by molar-refractivity contribution is 5.85. The molecule has 0 aliphatic heterocycles. The molecule has 1 aromatic carbocycles. The van der Waals surface area contributed by atoms with Crippen molar-refractivity contribution < 1.29 is 47.5 Å². The van der Waals surface area contributed by atoms with E-state index in [1.165, 1.54) is 24.3 Å². The number of alkyl halides is 3. The summed E-state index contributed by atoms with van der Waals surface area (Å²) in [7, 11) is 0. The number of anilines is 1. The highest BCUT2D eigenvalue weighted by Crippen LogP contribution is 2.21. The van der Waals surface area contributed by atoms with E-state index >= 15 is 0 Å². The number of amides is 2. The molecule has 2 aromatic rings. The van der Waals surface area contributed by atoms with Crippen LogP contribution in [0.3, 0.4) is 0 Å². The minimum Gasteiger partial charge on any atom is -0.481 e. The lowest BCUT2D eigenvalue weighted by Gasteiger charge is -2.17. The Morgan fingerprint density at radius 1 is 1.05 bits per heavy atom. The number of carbonyl (C=O) groups excluding carboxylic acids is 2. The summed E-state index contributed by atoms with van der Waals surface area (Å²) in [5.74, 6) is -4.16. The Bertz CT molecular complexity index is 1120. The van der Waals surface area contributed by atoms with Gasteiger partial charge in [0.05, 0.1) is 23.9 Å². The van der Waals surface area contributed by atoms with Crippen molar-refractivity contribution in [2.75, 3.05) is 18.4 Å². The lowest BCUT2D eigenvalue weighted by molar-refractivity contribution is -0.384. The number of pyridine rings is 1. The molecule has 16 heteroatoms. The maximum atomic E-state index is 12.2. The summed E-state index contributed by atoms with van der Waals surface area (Å²) >= 11 is 0. The average Bonchev–Trinajstić information content (AvgIpc) is 2.85. The number of halogens is 3. The molecule has 13 nitrogen and oxygen atoms in total. The van der Waals surface area contributed by atoms with Gasteiger partial charge >= 0.3 is 18.1 Å². The average molecular weight is 543 g/mol. The summed E-state index contributed by atoms with van der Waals surface area (Å²) in [6.45, 7) is 0.196. The highest BCUT2D eigenvalue weighted by Gasteiger charge is 2.38. The number of nitrogens with one attached hydrogen (secondary N) is 3. The van der Waals surface area contributed by atoms with Gasteiger partial charge in [0.15, 0.2) is 0 Å². The Hall–Kier alpha value is -4.76. The fourth-order valence-electron chi connectivity index (χ4n) is 2.73. The zero-order valence-corrected chi connectivity index (χ0v) is 19.6. The minimum absolute atomic E-state index is 0.191. The molecule has 1 heterocycles. The highest BCUT2D eigenvalue weighted by atomic mass is 19.4. The maximum Gasteiger partial charge on any atom is 0.490 e. The van der Waals surface area contributed by atoms with Crippen LogP contribution in [0.2, 0.25) is 0 Å². The van der Waals surface area contributed by atoms with Crippen molar-refractivity contribution in [2.24, 2.45) is 0 Å². The van der Waals surface area contributed by atoms with Crippen LogP contribution < -0.4 is 16.0 Å². The molecule has 0 spiro atoms. The van der Waals surface area contributed by atoms with E-state index in [-0.39, 0.29) is 30.1 Å². The molecule has 1 unspecified atom stereocenters. The molecule has 2 rings (SSSR count). The molecule has 0 fully saturated rings. The molecule has 38 heavy (non-hydrogen) atoms. The molecule has 1 atom stereocenters. The number of benzene rings is 1. The number of aromatic nitrogens is 1. The first-order chi connectivity index (χ1) is 17.8. The summed E-state index contributed by atoms with van der Waals surface area (Å²) in [4.78, 5) is 58.5. The van der Waals surface area contributed by atoms with E-state index in [4.69, 9.17) is 15.0 Å². The van der Waals surface area contributed by atoms with Gasteiger partial charge < -0.3 is 26.2 Å². The number of nitrogens with zero attached hydrogens (tertiary/aromatic N) is 2. The van der Waals surface area contributed by atoms with Gasteiger partial charge in [-0.15, -0.1) is 0 Å². The summed E-state index contributed by atoms with van der Waals surface area (Å²) < 4.78 is 31.7. The number of carbonyl (C=O) groups is 4. The zero-order chi connectivity index (χ0) is 28.7. The SMILES string of the molecule is O=C(O)C(F)(F)F.O=C(O)CC(NC(=O)CNC(=O)CCCNc1ccccn1)c1cccc([N+](=O)[O-])c1. The van der Waals surface area contributed by atoms with Crippen molar-refractivity contribution in [3.8, 4) is 0 Å². The standard InChI is InChI=1S/C20H23N5O6.C2HF3O2/c26-18(8-4-10-22-17-7-1-2-9-21-17)23-13-19(27)24-16(12-20(28)29)14-5-3-6-15(11-14)25(30)31;3-2(4,5)1(6)7/h1-3,5-7,9,11,16H,4,8,10,12-13H2,(H,21,22)(H,23,26)(H,24,27)(H,28,29);(H,6,7). The number of nitro groups is 1. The van der Waals surface area contributed by atoms with E-state index in [0.717, 1.165) is 0 Å². The number of carboxylic acids is 2. The molecule has 0 radical (unpaired) electrons. The smallest absolute Gasteiger partial charge is 0.481 e. The third-order valence-electron chi connectivity index (χ3n) is 4.44. The number of non-ortho nitro benzene ring substituents is 1. The van der Waals surface area contributed by atoms with Gasteiger partial charge in [0.25, 0.3) is 5.69 Å². The first-order valence-electron chi connectivity index (χ1n) is 10.8. The van der Waals surface area contributed by atoms with Crippen LogP contribution in [0.1, 0.15) is 30.9 Å². The Morgan fingerprint density at radius 3 is 2.29 bits per heavy atom. The van der Waals surface area contributed by atoms with Crippen molar-refractivity contribution in [2.45, 2.75) is 31.5 Å². The van der Waals surface area contributed by atoms with Gasteiger partial charge in [-0.2, -0.15) is 13.2 Å². The fraction of sp³-hybridized carbons (Fsp3) is 0.318. The van der Waals surface area contributed by atoms with Crippen molar-refractivity contribution in [3.05, 3.63) is 64.3 Å². The molecule has 0 aliphatic rings. The lowest BCUT2D eigenvalue weighted by atomic mass is 10.0. The van der Waals surface area contributed by atoms with Gasteiger partial charge in [0.1, 0.15) is 5.82 Å². The summed E-state index contributed by atoms with van der Waals surface area (Å²) in [5.41, 5.74) is 0.0756. The van der Waals surface area contributed by atoms with Crippen LogP contribution in [0.4, 0.5) is 24.7 Å². The van der Waals surface area contributed by atoms with Gasteiger partial charge in [-0.25, -0.2) is 9.78 Å². The molecule has 0 saturated carbocycles. The predicted molar refractivity (Wildman–Crippen MR) is 125 cm³/mol. The normalized spacial score (nSPS) is 11.2. The predicted octanol–water partition coefficient (Wildman–Crippen LogP) is 2.26. The first-order valence-corrected chi connectivity index (χ1v) is 10.8. The van der Waals surface area contributed by atoms with Crippen LogP contribution in [0.5, 0.6) is 0 Å². The summed E-state index contributed by atoms with van der Waals surface area (Å²) in [6, 6.07) is 9.86. The van der Waals surface area contributed by atoms with Crippen LogP contribution in [-0.2, 0) is 19.2 Å². The van der Waals surface area contributed by atoms with Gasteiger partial charge in [0.2, 0.25) is 11.8 Å². The molecule has 0 bridgehead atoms. The van der Waals surface area contributed by atoms with E-state index in [0.29, 0.717) is 18.8 Å². The molecule has 5 N–H and O–H groups in total. The second-order valence-electron chi connectivity index (χ2n) is 7.40. The first kappa shape index (κ1) is 31.3. The quantitative estimate of drug-likeness (QED) is 0.150. The zero-order valence-electron chi connectivity index (χ0n) is 19.6. The minimum atomic E-state index is -5.08. The second kappa shape index (κ2) is 15.4. The number of rotatable bonds is 12. The van der Waals surface area contributed by atoms with Crippen LogP contribution in [0.25, 0.3) is 0 Å². The lowest BCUT2D eigenvalue weighted by Crippen LogP contribution is -2.39. The van der Waals surface area contributed by atoms with Gasteiger partial charge in [-0.05, 0) is 24.1 Å². The molecular weight excluding hydrogens is 519 g/mol. The largest absolute Gasteiger partial charge is 0.490 e. The third-order valence-corrected chi connectivity index (χ3v) is 4.44. The fourth-order valence-corrected chi connectivity index (χ4v) is 2.73. The van der Waals surface area contributed by atoms with Crippen molar-refractivity contribution >= 4 is 35.3 Å². The Morgan fingerprint density at radius 2 is 1.74 bits per heavy atom. The molecule has 206 valence electrons. The van der Waals surface area contributed by atoms with Gasteiger partial charge in [-0.1, -0.05) is 18.2 Å². The molecule has 0 saturated heterocycles. The summed E-state index contributed by atoms with van der Waals surface area (Å²) in [6.07, 6.45) is -3.17. The Labute approximate surface area is 213 Å². The third kappa shape index (κ3) is 12.8. The topological polar surface area (TPSA) is 201 Å². The van der Waals surface area contributed by atoms with E-state index < -0.39 is 41.4 Å². The van der Waals surface area contributed by atoms with Gasteiger partial charge in [-0.3, -0.25) is 24.5 Å². The Kier molecular flexibility index (Phi) is 12.7. The van der Waals surface area contributed by atoms with E-state index in [2.05, 4.69) is 20.9 Å². The molecule has 0 aliphatic carbocycles. The number of hydrogen-bond donors (Lipinski definition) is 5. The van der Waals surface area contributed by atoms with E-state index in [1.807, 2.05) is 6.07 Å². The van der Waals surface area contributed by atoms with Crippen molar-refractivity contribution in [1.29, 1.82) is 0 Å². The van der Waals surface area contributed by atoms with Crippen LogP contribution >= 0.6 is 0 Å². The van der Waals surface area contributed by atoms with Crippen molar-refractivity contribution in [1.82, 2.24) is 15.6 Å². The van der Waals surface area contributed by atoms with Crippen LogP contribution in [0, 0.1) is 10.1 Å². The molecule has 1 aromatic heterocycles. The number of carboxylic acid groups (broad SMARTS) is 2. The van der Waals surface area contributed by atoms with E-state index in [1.54, 1.807) is 18.3 Å². The number of nitro benzene ring substituents is 1. The summed E-state index contributed by atoms with van der Waals surface area (Å²) in [5, 5.41) is 35.2. The number of aliphatic carboxylic acids is 2.